The Hall–Kier alpha value is -5.37. The first-order chi connectivity index (χ1) is 20.3. The first-order valence-corrected chi connectivity index (χ1v) is 14.5. The number of fused-ring (bicyclic) bond motifs is 9. The molecule has 0 N–H and O–H groups in total. The molecule has 0 bridgehead atoms. The molecule has 6 aromatic carbocycles. The predicted octanol–water partition coefficient (Wildman–Crippen LogP) is 10.8. The number of rotatable bonds is 2. The van der Waals surface area contributed by atoms with Crippen LogP contribution in [0.5, 0.6) is 0 Å². The maximum absolute atomic E-state index is 8.31. The summed E-state index contributed by atoms with van der Waals surface area (Å²) in [6.07, 6.45) is 0. The molecular weight excluding hydrogens is 518 g/mol. The van der Waals surface area contributed by atoms with Crippen LogP contribution in [-0.2, 0) is 0 Å². The first-order valence-electron chi connectivity index (χ1n) is 13.7. The summed E-state index contributed by atoms with van der Waals surface area (Å²) in [7, 11) is 0. The highest BCUT2D eigenvalue weighted by Crippen LogP contribution is 2.48. The first kappa shape index (κ1) is 22.4. The fourth-order valence-corrected chi connectivity index (χ4v) is 7.93. The van der Waals surface area contributed by atoms with Crippen molar-refractivity contribution >= 4 is 80.8 Å². The second-order valence-electron chi connectivity index (χ2n) is 10.4. The zero-order chi connectivity index (χ0) is 27.1. The minimum atomic E-state index is 0.679. The van der Waals surface area contributed by atoms with Crippen LogP contribution in [0.2, 0.25) is 0 Å². The van der Waals surface area contributed by atoms with Gasteiger partial charge in [-0.15, -0.1) is 11.3 Å². The number of hydrogen-bond donors (Lipinski definition) is 0. The highest BCUT2D eigenvalue weighted by Gasteiger charge is 2.24. The van der Waals surface area contributed by atoms with E-state index in [1.165, 1.54) is 26.2 Å². The molecule has 0 aliphatic heterocycles. The zero-order valence-corrected chi connectivity index (χ0v) is 22.7. The van der Waals surface area contributed by atoms with Gasteiger partial charge in [-0.25, -0.2) is 4.85 Å². The van der Waals surface area contributed by atoms with Gasteiger partial charge in [-0.1, -0.05) is 91.0 Å². The van der Waals surface area contributed by atoms with E-state index in [0.717, 1.165) is 48.9 Å². The molecule has 0 atom stereocenters. The van der Waals surface area contributed by atoms with Crippen molar-refractivity contribution in [3.05, 3.63) is 139 Å². The molecule has 9 aromatic rings. The fourth-order valence-electron chi connectivity index (χ4n) is 6.67. The minimum absolute atomic E-state index is 0.679. The molecule has 0 amide bonds. The van der Waals surface area contributed by atoms with E-state index in [9.17, 15) is 0 Å². The quantitative estimate of drug-likeness (QED) is 0.194. The Bertz CT molecular complexity index is 2450. The summed E-state index contributed by atoms with van der Waals surface area (Å²) in [5, 5.41) is 7.02. The van der Waals surface area contributed by atoms with Gasteiger partial charge in [0, 0.05) is 31.6 Å². The van der Waals surface area contributed by atoms with E-state index in [1.54, 1.807) is 11.3 Å². The lowest BCUT2D eigenvalue weighted by molar-refractivity contribution is 1.11. The van der Waals surface area contributed by atoms with Crippen LogP contribution in [0.3, 0.4) is 0 Å². The smallest absolute Gasteiger partial charge is 0.198 e. The predicted molar refractivity (Wildman–Crippen MR) is 174 cm³/mol. The number of benzene rings is 6. The lowest BCUT2D eigenvalue weighted by Crippen LogP contribution is -2.04. The van der Waals surface area contributed by atoms with Gasteiger partial charge in [-0.3, -0.25) is 0 Å². The number of aromatic nitrogens is 2. The van der Waals surface area contributed by atoms with Crippen molar-refractivity contribution in [2.24, 2.45) is 0 Å². The molecule has 0 aliphatic carbocycles. The molecule has 0 aliphatic rings. The van der Waals surface area contributed by atoms with E-state index in [2.05, 4.69) is 141 Å². The van der Waals surface area contributed by atoms with Crippen molar-refractivity contribution in [3.63, 3.8) is 0 Å². The van der Waals surface area contributed by atoms with Crippen molar-refractivity contribution in [2.45, 2.75) is 0 Å². The molecule has 3 heterocycles. The molecule has 190 valence electrons. The van der Waals surface area contributed by atoms with Crippen molar-refractivity contribution in [1.29, 1.82) is 0 Å². The van der Waals surface area contributed by atoms with Gasteiger partial charge in [0.05, 0.1) is 44.7 Å². The zero-order valence-electron chi connectivity index (χ0n) is 21.9. The third kappa shape index (κ3) is 2.96. The van der Waals surface area contributed by atoms with Crippen LogP contribution < -0.4 is 0 Å². The van der Waals surface area contributed by atoms with Crippen LogP contribution in [0, 0.1) is 6.57 Å². The third-order valence-corrected chi connectivity index (χ3v) is 9.51. The number of hydrogen-bond acceptors (Lipinski definition) is 1. The number of para-hydroxylation sites is 4. The lowest BCUT2D eigenvalue weighted by atomic mass is 10.1. The Labute approximate surface area is 239 Å². The second-order valence-corrected chi connectivity index (χ2v) is 11.5. The largest absolute Gasteiger partial charge is 0.308 e. The van der Waals surface area contributed by atoms with E-state index < -0.39 is 0 Å². The SMILES string of the molecule is [C-]#[N+]c1cc(-n2c3ccccc3c3ccccc32)c(-n2c3ccccc3c3ccccc32)c2sc3ccccc3c12. The summed E-state index contributed by atoms with van der Waals surface area (Å²) >= 11 is 1.78. The van der Waals surface area contributed by atoms with Gasteiger partial charge in [0.25, 0.3) is 0 Å². The van der Waals surface area contributed by atoms with Gasteiger partial charge in [0.15, 0.2) is 5.69 Å². The molecule has 0 spiro atoms. The van der Waals surface area contributed by atoms with Gasteiger partial charge in [-0.05, 0) is 41.8 Å². The normalized spacial score (nSPS) is 11.9. The van der Waals surface area contributed by atoms with Gasteiger partial charge in [0.1, 0.15) is 0 Å². The summed E-state index contributed by atoms with van der Waals surface area (Å²) in [5.74, 6) is 0. The highest BCUT2D eigenvalue weighted by molar-refractivity contribution is 7.26. The molecule has 9 rings (SSSR count). The van der Waals surface area contributed by atoms with Crippen molar-refractivity contribution in [2.75, 3.05) is 0 Å². The summed E-state index contributed by atoms with van der Waals surface area (Å²) in [6.45, 7) is 8.31. The molecule has 0 radical (unpaired) electrons. The van der Waals surface area contributed by atoms with Gasteiger partial charge < -0.3 is 9.13 Å². The monoisotopic (exact) mass is 539 g/mol. The van der Waals surface area contributed by atoms with Crippen LogP contribution in [0.4, 0.5) is 5.69 Å². The Morgan fingerprint density at radius 1 is 0.512 bits per heavy atom. The molecular formula is C37H21N3S. The number of nitrogens with zero attached hydrogens (tertiary/aromatic N) is 3. The Morgan fingerprint density at radius 3 is 1.46 bits per heavy atom. The standard InChI is InChI=1S/C37H21N3S/c1-38-28-22-33(39-29-17-7-2-12-23(29)24-13-3-8-18-30(24)39)36(37-35(28)27-16-6-11-21-34(27)41-37)40-31-19-9-4-14-25(31)26-15-5-10-20-32(26)40/h2-22H. The molecule has 3 aromatic heterocycles. The maximum Gasteiger partial charge on any atom is 0.198 e. The molecule has 3 nitrogen and oxygen atoms in total. The highest BCUT2D eigenvalue weighted by atomic mass is 32.1. The fraction of sp³-hybridized carbons (Fsp3) is 0. The Kier molecular flexibility index (Phi) is 4.55. The lowest BCUT2D eigenvalue weighted by Gasteiger charge is -2.19. The van der Waals surface area contributed by atoms with E-state index in [4.69, 9.17) is 6.57 Å². The third-order valence-electron chi connectivity index (χ3n) is 8.33. The molecule has 4 heteroatoms. The van der Waals surface area contributed by atoms with E-state index in [-0.39, 0.29) is 0 Å². The van der Waals surface area contributed by atoms with Gasteiger partial charge >= 0.3 is 0 Å². The summed E-state index contributed by atoms with van der Waals surface area (Å²) in [4.78, 5) is 4.13. The molecule has 41 heavy (non-hydrogen) atoms. The number of thiophene rings is 1. The summed E-state index contributed by atoms with van der Waals surface area (Å²) in [6, 6.07) is 45.1. The minimum Gasteiger partial charge on any atom is -0.308 e. The molecule has 0 fully saturated rings. The van der Waals surface area contributed by atoms with Gasteiger partial charge in [-0.2, -0.15) is 0 Å². The van der Waals surface area contributed by atoms with Crippen molar-refractivity contribution in [3.8, 4) is 11.4 Å². The van der Waals surface area contributed by atoms with E-state index in [1.807, 2.05) is 0 Å². The molecule has 0 saturated heterocycles. The van der Waals surface area contributed by atoms with Crippen LogP contribution in [0.1, 0.15) is 0 Å². The summed E-state index contributed by atoms with van der Waals surface area (Å²) < 4.78 is 7.11. The maximum atomic E-state index is 8.31. The average molecular weight is 540 g/mol. The van der Waals surface area contributed by atoms with Crippen LogP contribution in [0.15, 0.2) is 127 Å². The van der Waals surface area contributed by atoms with E-state index in [0.29, 0.717) is 5.69 Å². The van der Waals surface area contributed by atoms with E-state index >= 15 is 0 Å². The Morgan fingerprint density at radius 2 is 0.951 bits per heavy atom. The molecule has 0 saturated carbocycles. The van der Waals surface area contributed by atoms with Crippen molar-refractivity contribution in [1.82, 2.24) is 9.13 Å². The van der Waals surface area contributed by atoms with Gasteiger partial charge in [0.2, 0.25) is 0 Å². The van der Waals surface area contributed by atoms with Crippen LogP contribution >= 0.6 is 11.3 Å². The topological polar surface area (TPSA) is 14.2 Å². The Balaban J connectivity index is 1.59. The summed E-state index contributed by atoms with van der Waals surface area (Å²) in [5.41, 5.74) is 7.38. The van der Waals surface area contributed by atoms with Crippen molar-refractivity contribution < 1.29 is 0 Å². The van der Waals surface area contributed by atoms with Crippen LogP contribution in [0.25, 0.3) is 80.0 Å². The second kappa shape index (κ2) is 8.32. The average Bonchev–Trinajstić information content (AvgIpc) is 3.69. The van der Waals surface area contributed by atoms with Crippen LogP contribution in [-0.4, -0.2) is 9.13 Å². The molecule has 0 unspecified atom stereocenters.